The van der Waals surface area contributed by atoms with E-state index in [0.29, 0.717) is 35.8 Å². The first-order valence-electron chi connectivity index (χ1n) is 16.5. The number of nitrogens with zero attached hydrogens (tertiary/aromatic N) is 1. The van der Waals surface area contributed by atoms with E-state index in [-0.39, 0.29) is 0 Å². The van der Waals surface area contributed by atoms with E-state index in [1.54, 1.807) is 22.3 Å². The molecule has 6 unspecified atom stereocenters. The normalized spacial score (nSPS) is 29.9. The molecule has 43 heavy (non-hydrogen) atoms. The van der Waals surface area contributed by atoms with Crippen molar-refractivity contribution in [2.24, 2.45) is 17.8 Å². The molecule has 3 aromatic carbocycles. The lowest BCUT2D eigenvalue weighted by Crippen LogP contribution is -2.39. The third-order valence-corrected chi connectivity index (χ3v) is 11.2. The second kappa shape index (κ2) is 10.3. The first kappa shape index (κ1) is 25.4. The SMILES string of the molecule is C1=CC2C3=C(CCC=C3)c3ccc(C4=CC5C6C=CCCC6N(c6cccc(-c7ccccc7)c6)C5CC4)cc3C2C=C1. The Morgan fingerprint density at radius 2 is 1.49 bits per heavy atom. The Bertz CT molecular complexity index is 1760. The summed E-state index contributed by atoms with van der Waals surface area (Å²) < 4.78 is 0. The number of allylic oxidation sites excluding steroid dienone is 10. The molecule has 0 bridgehead atoms. The van der Waals surface area contributed by atoms with Gasteiger partial charge in [0, 0.05) is 41.4 Å². The van der Waals surface area contributed by atoms with Crippen molar-refractivity contribution in [3.8, 4) is 11.1 Å². The highest BCUT2D eigenvalue weighted by Gasteiger charge is 2.48. The Labute approximate surface area is 256 Å². The van der Waals surface area contributed by atoms with E-state index in [0.717, 1.165) is 12.8 Å². The van der Waals surface area contributed by atoms with Crippen LogP contribution in [0.3, 0.4) is 0 Å². The van der Waals surface area contributed by atoms with Gasteiger partial charge in [-0.1, -0.05) is 115 Å². The first-order chi connectivity index (χ1) is 21.3. The summed E-state index contributed by atoms with van der Waals surface area (Å²) in [5.41, 5.74) is 13.2. The lowest BCUT2D eigenvalue weighted by molar-refractivity contribution is 0.437. The van der Waals surface area contributed by atoms with E-state index in [2.05, 4.69) is 132 Å². The standard InChI is InChI=1S/C42H39N/c1-2-11-28(12-3-1)29-13-10-14-32(25-29)43-41-20-9-8-19-38(41)40-27-31(22-24-42(40)43)30-21-23-37-35-17-5-4-15-33(35)34-16-6-7-18-36(34)39(37)26-30/h1-4,6-8,10-16,18-19,21,23,25-27,34,36,38,40-42H,5,9,17,20,22,24H2. The van der Waals surface area contributed by atoms with Crippen LogP contribution in [0.2, 0.25) is 0 Å². The molecular formula is C42H39N. The number of rotatable bonds is 3. The van der Waals surface area contributed by atoms with Crippen LogP contribution in [0.15, 0.2) is 133 Å². The maximum absolute atomic E-state index is 2.83. The summed E-state index contributed by atoms with van der Waals surface area (Å²) in [6.45, 7) is 0. The number of fused-ring (bicyclic) bond motifs is 8. The highest BCUT2D eigenvalue weighted by Crippen LogP contribution is 2.52. The number of hydrogen-bond acceptors (Lipinski definition) is 1. The molecule has 9 rings (SSSR count). The molecule has 0 N–H and O–H groups in total. The summed E-state index contributed by atoms with van der Waals surface area (Å²) in [6, 6.07) is 28.8. The van der Waals surface area contributed by atoms with Gasteiger partial charge in [0.2, 0.25) is 0 Å². The van der Waals surface area contributed by atoms with Crippen LogP contribution in [-0.2, 0) is 0 Å². The van der Waals surface area contributed by atoms with E-state index < -0.39 is 0 Å². The van der Waals surface area contributed by atoms with Gasteiger partial charge in [-0.15, -0.1) is 0 Å². The van der Waals surface area contributed by atoms with Gasteiger partial charge in [0.05, 0.1) is 0 Å². The summed E-state index contributed by atoms with van der Waals surface area (Å²) in [5, 5.41) is 0. The monoisotopic (exact) mass is 557 g/mol. The van der Waals surface area contributed by atoms with Gasteiger partial charge in [-0.2, -0.15) is 0 Å². The third kappa shape index (κ3) is 4.12. The van der Waals surface area contributed by atoms with Crippen molar-refractivity contribution in [2.45, 2.75) is 56.5 Å². The summed E-state index contributed by atoms with van der Waals surface area (Å²) in [7, 11) is 0. The molecule has 0 radical (unpaired) electrons. The maximum Gasteiger partial charge on any atom is 0.0377 e. The van der Waals surface area contributed by atoms with E-state index >= 15 is 0 Å². The third-order valence-electron chi connectivity index (χ3n) is 11.2. The highest BCUT2D eigenvalue weighted by molar-refractivity contribution is 5.81. The van der Waals surface area contributed by atoms with E-state index in [4.69, 9.17) is 0 Å². The second-order valence-corrected chi connectivity index (χ2v) is 13.3. The number of anilines is 1. The molecule has 1 heteroatoms. The Morgan fingerprint density at radius 1 is 0.628 bits per heavy atom. The summed E-state index contributed by atoms with van der Waals surface area (Å²) >= 11 is 0. The minimum absolute atomic E-state index is 0.447. The fourth-order valence-electron chi connectivity index (χ4n) is 9.31. The fraction of sp³-hybridized carbons (Fsp3) is 0.286. The Kier molecular flexibility index (Phi) is 6.06. The van der Waals surface area contributed by atoms with Crippen LogP contribution in [0, 0.1) is 17.8 Å². The van der Waals surface area contributed by atoms with Crippen LogP contribution >= 0.6 is 0 Å². The topological polar surface area (TPSA) is 3.24 Å². The van der Waals surface area contributed by atoms with Gasteiger partial charge in [-0.3, -0.25) is 0 Å². The van der Waals surface area contributed by atoms with Gasteiger partial charge in [0.15, 0.2) is 0 Å². The molecule has 6 aliphatic rings. The lowest BCUT2D eigenvalue weighted by Gasteiger charge is -2.37. The average molecular weight is 558 g/mol. The summed E-state index contributed by atoms with van der Waals surface area (Å²) in [6.07, 6.45) is 29.0. The molecule has 1 heterocycles. The molecule has 5 aliphatic carbocycles. The highest BCUT2D eigenvalue weighted by atomic mass is 15.2. The van der Waals surface area contributed by atoms with Gasteiger partial charge in [0.1, 0.15) is 0 Å². The summed E-state index contributed by atoms with van der Waals surface area (Å²) in [4.78, 5) is 2.83. The molecule has 0 aromatic heterocycles. The smallest absolute Gasteiger partial charge is 0.0377 e. The zero-order chi connectivity index (χ0) is 28.3. The van der Waals surface area contributed by atoms with Gasteiger partial charge >= 0.3 is 0 Å². The van der Waals surface area contributed by atoms with Crippen LogP contribution in [-0.4, -0.2) is 12.1 Å². The van der Waals surface area contributed by atoms with Crippen molar-refractivity contribution in [2.75, 3.05) is 4.90 Å². The average Bonchev–Trinajstić information content (AvgIpc) is 3.42. The van der Waals surface area contributed by atoms with Crippen molar-refractivity contribution >= 4 is 16.8 Å². The van der Waals surface area contributed by atoms with Crippen molar-refractivity contribution in [1.29, 1.82) is 0 Å². The maximum atomic E-state index is 2.83. The molecule has 1 saturated heterocycles. The largest absolute Gasteiger partial charge is 0.364 e. The van der Waals surface area contributed by atoms with Gasteiger partial charge in [-0.25, -0.2) is 0 Å². The second-order valence-electron chi connectivity index (χ2n) is 13.3. The van der Waals surface area contributed by atoms with Crippen molar-refractivity contribution in [3.05, 3.63) is 150 Å². The molecule has 3 aromatic rings. The molecular weight excluding hydrogens is 518 g/mol. The predicted octanol–water partition coefficient (Wildman–Crippen LogP) is 10.3. The molecule has 1 aliphatic heterocycles. The zero-order valence-electron chi connectivity index (χ0n) is 24.8. The molecule has 0 saturated carbocycles. The first-order valence-corrected chi connectivity index (χ1v) is 16.5. The van der Waals surface area contributed by atoms with E-state index in [1.807, 2.05) is 0 Å². The molecule has 212 valence electrons. The van der Waals surface area contributed by atoms with Crippen LogP contribution < -0.4 is 4.90 Å². The lowest BCUT2D eigenvalue weighted by atomic mass is 9.67. The van der Waals surface area contributed by atoms with Crippen molar-refractivity contribution in [1.82, 2.24) is 0 Å². The summed E-state index contributed by atoms with van der Waals surface area (Å²) in [5.74, 6) is 2.07. The van der Waals surface area contributed by atoms with Gasteiger partial charge < -0.3 is 4.90 Å². The molecule has 1 nitrogen and oxygen atoms in total. The Morgan fingerprint density at radius 3 is 2.42 bits per heavy atom. The Balaban J connectivity index is 1.08. The van der Waals surface area contributed by atoms with E-state index in [9.17, 15) is 0 Å². The molecule has 0 amide bonds. The number of benzene rings is 3. The van der Waals surface area contributed by atoms with Crippen LogP contribution in [0.5, 0.6) is 0 Å². The van der Waals surface area contributed by atoms with Crippen LogP contribution in [0.4, 0.5) is 5.69 Å². The molecule has 1 fully saturated rings. The van der Waals surface area contributed by atoms with Crippen molar-refractivity contribution < 1.29 is 0 Å². The quantitative estimate of drug-likeness (QED) is 0.290. The molecule has 0 spiro atoms. The van der Waals surface area contributed by atoms with Gasteiger partial charge in [0.25, 0.3) is 0 Å². The van der Waals surface area contributed by atoms with Crippen molar-refractivity contribution in [3.63, 3.8) is 0 Å². The zero-order valence-corrected chi connectivity index (χ0v) is 24.8. The van der Waals surface area contributed by atoms with Gasteiger partial charge in [-0.05, 0) is 95.2 Å². The van der Waals surface area contributed by atoms with E-state index in [1.165, 1.54) is 53.6 Å². The van der Waals surface area contributed by atoms with Crippen LogP contribution in [0.25, 0.3) is 22.3 Å². The fourth-order valence-corrected chi connectivity index (χ4v) is 9.31. The molecule has 6 atom stereocenters. The van der Waals surface area contributed by atoms with Crippen LogP contribution in [0.1, 0.15) is 61.1 Å². The minimum atomic E-state index is 0.447. The number of hydrogen-bond donors (Lipinski definition) is 0. The Hall–Kier alpha value is -4.10. The predicted molar refractivity (Wildman–Crippen MR) is 181 cm³/mol. The minimum Gasteiger partial charge on any atom is -0.364 e.